The average molecular weight is 378 g/mol. The molecule has 0 aliphatic heterocycles. The molecule has 0 spiro atoms. The van der Waals surface area contributed by atoms with Crippen molar-refractivity contribution in [3.8, 4) is 11.5 Å². The maximum atomic E-state index is 12.3. The number of nitrogens with one attached hydrogen (secondary N) is 2. The molecular weight excluding hydrogens is 356 g/mol. The van der Waals surface area contributed by atoms with Gasteiger partial charge in [-0.2, -0.15) is 0 Å². The Morgan fingerprint density at radius 1 is 0.964 bits per heavy atom. The molecule has 0 fully saturated rings. The summed E-state index contributed by atoms with van der Waals surface area (Å²) < 4.78 is 10.5. The van der Waals surface area contributed by atoms with Gasteiger partial charge in [0, 0.05) is 12.2 Å². The first-order chi connectivity index (χ1) is 13.6. The molecule has 28 heavy (non-hydrogen) atoms. The summed E-state index contributed by atoms with van der Waals surface area (Å²) >= 11 is 0. The van der Waals surface area contributed by atoms with Gasteiger partial charge in [-0.15, -0.1) is 10.2 Å². The summed E-state index contributed by atoms with van der Waals surface area (Å²) in [7, 11) is 3.15. The van der Waals surface area contributed by atoms with E-state index in [0.29, 0.717) is 23.9 Å². The number of hydrogen-bond donors (Lipinski definition) is 2. The second-order valence-corrected chi connectivity index (χ2v) is 6.17. The van der Waals surface area contributed by atoms with Crippen molar-refractivity contribution >= 4 is 17.4 Å². The third-order valence-electron chi connectivity index (χ3n) is 4.09. The number of methoxy groups -OCH3 is 2. The smallest absolute Gasteiger partial charge is 0.272 e. The van der Waals surface area contributed by atoms with Gasteiger partial charge in [0.2, 0.25) is 0 Å². The van der Waals surface area contributed by atoms with E-state index in [1.807, 2.05) is 43.3 Å². The fourth-order valence-electron chi connectivity index (χ4n) is 2.65. The molecule has 1 amide bonds. The van der Waals surface area contributed by atoms with Crippen molar-refractivity contribution in [1.29, 1.82) is 0 Å². The van der Waals surface area contributed by atoms with Crippen LogP contribution in [-0.4, -0.2) is 30.3 Å². The molecule has 7 heteroatoms. The first-order valence-corrected chi connectivity index (χ1v) is 8.75. The molecule has 3 aromatic rings. The Kier molecular flexibility index (Phi) is 6.06. The number of carbonyl (C=O) groups is 1. The van der Waals surface area contributed by atoms with Crippen LogP contribution in [-0.2, 0) is 6.54 Å². The Labute approximate surface area is 163 Å². The largest absolute Gasteiger partial charge is 0.493 e. The van der Waals surface area contributed by atoms with E-state index in [0.717, 1.165) is 16.8 Å². The number of anilines is 2. The zero-order chi connectivity index (χ0) is 19.9. The summed E-state index contributed by atoms with van der Waals surface area (Å²) in [5.74, 6) is 1.52. The lowest BCUT2D eigenvalue weighted by molar-refractivity contribution is 0.0945. The normalized spacial score (nSPS) is 10.2. The zero-order valence-corrected chi connectivity index (χ0v) is 16.0. The van der Waals surface area contributed by atoms with Gasteiger partial charge in [0.1, 0.15) is 0 Å². The monoisotopic (exact) mass is 378 g/mol. The van der Waals surface area contributed by atoms with Gasteiger partial charge in [0.05, 0.1) is 14.2 Å². The summed E-state index contributed by atoms with van der Waals surface area (Å²) in [5, 5.41) is 14.1. The molecule has 144 valence electrons. The van der Waals surface area contributed by atoms with Crippen molar-refractivity contribution in [1.82, 2.24) is 15.5 Å². The van der Waals surface area contributed by atoms with Crippen LogP contribution in [0, 0.1) is 6.92 Å². The molecule has 2 N–H and O–H groups in total. The molecule has 0 bridgehead atoms. The van der Waals surface area contributed by atoms with E-state index in [4.69, 9.17) is 9.47 Å². The van der Waals surface area contributed by atoms with E-state index < -0.39 is 0 Å². The summed E-state index contributed by atoms with van der Waals surface area (Å²) in [6.07, 6.45) is 0. The molecule has 1 heterocycles. The molecule has 0 unspecified atom stereocenters. The lowest BCUT2D eigenvalue weighted by atomic mass is 10.2. The number of rotatable bonds is 7. The van der Waals surface area contributed by atoms with Crippen LogP contribution in [0.1, 0.15) is 21.6 Å². The molecule has 0 aliphatic rings. The van der Waals surface area contributed by atoms with Crippen LogP contribution in [0.15, 0.2) is 54.6 Å². The third-order valence-corrected chi connectivity index (χ3v) is 4.09. The maximum absolute atomic E-state index is 12.3. The van der Waals surface area contributed by atoms with Gasteiger partial charge in [-0.25, -0.2) is 0 Å². The minimum Gasteiger partial charge on any atom is -0.493 e. The van der Waals surface area contributed by atoms with Crippen LogP contribution >= 0.6 is 0 Å². The lowest BCUT2D eigenvalue weighted by Gasteiger charge is -2.10. The van der Waals surface area contributed by atoms with Crippen LogP contribution < -0.4 is 20.1 Å². The lowest BCUT2D eigenvalue weighted by Crippen LogP contribution is -2.24. The number of ether oxygens (including phenoxy) is 2. The van der Waals surface area contributed by atoms with E-state index in [1.54, 1.807) is 32.4 Å². The predicted octanol–water partition coefficient (Wildman–Crippen LogP) is 3.48. The SMILES string of the molecule is COc1ccc(CNC(=O)c2ccc(Nc3cccc(C)c3)nn2)cc1OC. The van der Waals surface area contributed by atoms with Crippen molar-refractivity contribution < 1.29 is 14.3 Å². The summed E-state index contributed by atoms with van der Waals surface area (Å²) in [6, 6.07) is 16.8. The van der Waals surface area contributed by atoms with E-state index in [2.05, 4.69) is 20.8 Å². The molecule has 0 saturated heterocycles. The van der Waals surface area contributed by atoms with Gasteiger partial charge in [-0.1, -0.05) is 18.2 Å². The molecule has 2 aromatic carbocycles. The Morgan fingerprint density at radius 3 is 2.46 bits per heavy atom. The molecule has 3 rings (SSSR count). The van der Waals surface area contributed by atoms with Crippen LogP contribution in [0.5, 0.6) is 11.5 Å². The van der Waals surface area contributed by atoms with Crippen LogP contribution in [0.2, 0.25) is 0 Å². The minimum absolute atomic E-state index is 0.246. The van der Waals surface area contributed by atoms with Crippen LogP contribution in [0.3, 0.4) is 0 Å². The van der Waals surface area contributed by atoms with Crippen molar-refractivity contribution in [2.24, 2.45) is 0 Å². The Morgan fingerprint density at radius 2 is 1.79 bits per heavy atom. The highest BCUT2D eigenvalue weighted by Crippen LogP contribution is 2.27. The van der Waals surface area contributed by atoms with Gasteiger partial charge in [-0.05, 0) is 54.4 Å². The van der Waals surface area contributed by atoms with Gasteiger partial charge in [-0.3, -0.25) is 4.79 Å². The highest BCUT2D eigenvalue weighted by atomic mass is 16.5. The summed E-state index contributed by atoms with van der Waals surface area (Å²) in [5.41, 5.74) is 3.19. The van der Waals surface area contributed by atoms with Crippen LogP contribution in [0.25, 0.3) is 0 Å². The van der Waals surface area contributed by atoms with Crippen LogP contribution in [0.4, 0.5) is 11.5 Å². The molecule has 7 nitrogen and oxygen atoms in total. The number of amides is 1. The molecule has 0 atom stereocenters. The quantitative estimate of drug-likeness (QED) is 0.655. The van der Waals surface area contributed by atoms with E-state index >= 15 is 0 Å². The first kappa shape index (κ1) is 19.2. The van der Waals surface area contributed by atoms with Crippen molar-refractivity contribution in [3.05, 3.63) is 71.4 Å². The minimum atomic E-state index is -0.301. The number of aryl methyl sites for hydroxylation is 1. The highest BCUT2D eigenvalue weighted by molar-refractivity contribution is 5.92. The highest BCUT2D eigenvalue weighted by Gasteiger charge is 2.10. The molecular formula is C21H22N4O3. The van der Waals surface area contributed by atoms with Gasteiger partial charge in [0.25, 0.3) is 5.91 Å². The first-order valence-electron chi connectivity index (χ1n) is 8.75. The fraction of sp³-hybridized carbons (Fsp3) is 0.190. The average Bonchev–Trinajstić information content (AvgIpc) is 2.72. The summed E-state index contributed by atoms with van der Waals surface area (Å²) in [4.78, 5) is 12.3. The molecule has 0 saturated carbocycles. The van der Waals surface area contributed by atoms with E-state index in [1.165, 1.54) is 0 Å². The number of aromatic nitrogens is 2. The van der Waals surface area contributed by atoms with Gasteiger partial charge >= 0.3 is 0 Å². The fourth-order valence-corrected chi connectivity index (χ4v) is 2.65. The Hall–Kier alpha value is -3.61. The number of benzene rings is 2. The second kappa shape index (κ2) is 8.85. The van der Waals surface area contributed by atoms with Crippen molar-refractivity contribution in [2.75, 3.05) is 19.5 Å². The Bertz CT molecular complexity index is 958. The van der Waals surface area contributed by atoms with Crippen molar-refractivity contribution in [3.63, 3.8) is 0 Å². The standard InChI is InChI=1S/C21H22N4O3/c1-14-5-4-6-16(11-14)23-20-10-8-17(24-25-20)21(26)22-13-15-7-9-18(27-2)19(12-15)28-3/h4-12H,13H2,1-3H3,(H,22,26)(H,23,25). The number of hydrogen-bond acceptors (Lipinski definition) is 6. The molecule has 0 radical (unpaired) electrons. The predicted molar refractivity (Wildman–Crippen MR) is 107 cm³/mol. The van der Waals surface area contributed by atoms with E-state index in [-0.39, 0.29) is 11.6 Å². The second-order valence-electron chi connectivity index (χ2n) is 6.17. The van der Waals surface area contributed by atoms with E-state index in [9.17, 15) is 4.79 Å². The third kappa shape index (κ3) is 4.76. The maximum Gasteiger partial charge on any atom is 0.272 e. The van der Waals surface area contributed by atoms with Gasteiger partial charge in [0.15, 0.2) is 23.0 Å². The number of carbonyl (C=O) groups excluding carboxylic acids is 1. The summed E-state index contributed by atoms with van der Waals surface area (Å²) in [6.45, 7) is 2.35. The number of nitrogens with zero attached hydrogens (tertiary/aromatic N) is 2. The molecule has 1 aromatic heterocycles. The Balaban J connectivity index is 1.60. The van der Waals surface area contributed by atoms with Gasteiger partial charge < -0.3 is 20.1 Å². The van der Waals surface area contributed by atoms with Crippen molar-refractivity contribution in [2.45, 2.75) is 13.5 Å². The zero-order valence-electron chi connectivity index (χ0n) is 16.0. The topological polar surface area (TPSA) is 85.4 Å². The molecule has 0 aliphatic carbocycles.